The number of non-ortho nitro benzene ring substituents is 1. The molecular weight excluding hydrogens is 531 g/mol. The number of carbonyl (C=O) groups excluding carboxylic acids is 1. The number of nitro groups is 1. The second-order valence-electron chi connectivity index (χ2n) is 7.20. The molecule has 37 heavy (non-hydrogen) atoms. The van der Waals surface area contributed by atoms with Crippen molar-refractivity contribution in [3.63, 3.8) is 0 Å². The molecule has 17 heteroatoms. The van der Waals surface area contributed by atoms with E-state index >= 15 is 0 Å². The molecule has 0 unspecified atom stereocenters. The Balaban J connectivity index is 1.83. The molecular formula is C20H11F9N4O4. The lowest BCUT2D eigenvalue weighted by atomic mass is 10.0. The maximum atomic E-state index is 13.7. The Morgan fingerprint density at radius 3 is 1.92 bits per heavy atom. The quantitative estimate of drug-likeness (QED) is 0.238. The van der Waals surface area contributed by atoms with E-state index in [9.17, 15) is 54.4 Å². The number of alkyl halides is 9. The Morgan fingerprint density at radius 1 is 0.919 bits per heavy atom. The van der Waals surface area contributed by atoms with Crippen LogP contribution >= 0.6 is 0 Å². The molecule has 0 aliphatic heterocycles. The van der Waals surface area contributed by atoms with Crippen LogP contribution in [-0.2, 0) is 25.1 Å². The van der Waals surface area contributed by atoms with E-state index in [0.29, 0.717) is 18.3 Å². The van der Waals surface area contributed by atoms with E-state index in [1.165, 1.54) is 0 Å². The molecule has 1 aromatic heterocycles. The third-order valence-electron chi connectivity index (χ3n) is 4.60. The Kier molecular flexibility index (Phi) is 7.10. The Morgan fingerprint density at radius 2 is 1.46 bits per heavy atom. The van der Waals surface area contributed by atoms with Crippen LogP contribution < -0.4 is 10.1 Å². The van der Waals surface area contributed by atoms with Gasteiger partial charge in [0, 0.05) is 18.7 Å². The van der Waals surface area contributed by atoms with Crippen LogP contribution in [0.25, 0.3) is 5.69 Å². The number of hydrogen-bond acceptors (Lipinski definition) is 5. The van der Waals surface area contributed by atoms with Crippen molar-refractivity contribution in [2.75, 3.05) is 0 Å². The Bertz CT molecular complexity index is 1280. The van der Waals surface area contributed by atoms with Gasteiger partial charge in [-0.3, -0.25) is 10.1 Å². The van der Waals surface area contributed by atoms with Crippen LogP contribution in [0.1, 0.15) is 22.4 Å². The predicted molar refractivity (Wildman–Crippen MR) is 105 cm³/mol. The van der Waals surface area contributed by atoms with Crippen LogP contribution in [0.15, 0.2) is 48.7 Å². The zero-order valence-electron chi connectivity index (χ0n) is 17.7. The number of nitro benzene ring substituents is 1. The van der Waals surface area contributed by atoms with Crippen molar-refractivity contribution in [3.8, 4) is 11.4 Å². The first-order valence-electron chi connectivity index (χ1n) is 9.61. The van der Waals surface area contributed by atoms with Gasteiger partial charge < -0.3 is 10.1 Å². The van der Waals surface area contributed by atoms with Crippen molar-refractivity contribution in [1.29, 1.82) is 0 Å². The monoisotopic (exact) mass is 542 g/mol. The van der Waals surface area contributed by atoms with E-state index < -0.39 is 69.9 Å². The lowest BCUT2D eigenvalue weighted by molar-refractivity contribution is -0.384. The molecule has 1 N–H and O–H groups in total. The predicted octanol–water partition coefficient (Wildman–Crippen LogP) is 6.13. The van der Waals surface area contributed by atoms with Crippen LogP contribution in [0.4, 0.5) is 50.0 Å². The molecule has 0 aliphatic rings. The molecule has 0 saturated heterocycles. The number of nitrogens with zero attached hydrogens (tertiary/aromatic N) is 3. The summed E-state index contributed by atoms with van der Waals surface area (Å²) in [6.45, 7) is -0.955. The fraction of sp³-hybridized carbons (Fsp3) is 0.200. The first-order chi connectivity index (χ1) is 17.0. The summed E-state index contributed by atoms with van der Waals surface area (Å²) in [5, 5.41) is 16.0. The smallest absolute Gasteiger partial charge is 0.406 e. The van der Waals surface area contributed by atoms with Gasteiger partial charge in [0.05, 0.1) is 27.9 Å². The van der Waals surface area contributed by atoms with E-state index in [0.717, 1.165) is 24.3 Å². The molecule has 0 spiro atoms. The zero-order valence-corrected chi connectivity index (χ0v) is 17.7. The van der Waals surface area contributed by atoms with Gasteiger partial charge in [0.1, 0.15) is 0 Å². The van der Waals surface area contributed by atoms with Crippen LogP contribution in [0.5, 0.6) is 5.75 Å². The van der Waals surface area contributed by atoms with Crippen molar-refractivity contribution in [3.05, 3.63) is 81.2 Å². The van der Waals surface area contributed by atoms with E-state index in [1.807, 2.05) is 0 Å². The molecule has 198 valence electrons. The van der Waals surface area contributed by atoms with Crippen molar-refractivity contribution in [2.24, 2.45) is 0 Å². The van der Waals surface area contributed by atoms with Gasteiger partial charge in [0.2, 0.25) is 0 Å². The minimum atomic E-state index is -5.17. The van der Waals surface area contributed by atoms with Crippen molar-refractivity contribution >= 4 is 11.8 Å². The summed E-state index contributed by atoms with van der Waals surface area (Å²) in [6.07, 6.45) is -16.6. The van der Waals surface area contributed by atoms with E-state index in [1.54, 1.807) is 5.32 Å². The summed E-state index contributed by atoms with van der Waals surface area (Å²) in [7, 11) is 0. The highest BCUT2D eigenvalue weighted by Crippen LogP contribution is 2.38. The average Bonchev–Trinajstić information content (AvgIpc) is 3.20. The summed E-state index contributed by atoms with van der Waals surface area (Å²) in [4.78, 5) is 22.0. The summed E-state index contributed by atoms with van der Waals surface area (Å²) < 4.78 is 124. The fourth-order valence-corrected chi connectivity index (χ4v) is 3.01. The number of carbonyl (C=O) groups is 1. The van der Waals surface area contributed by atoms with Crippen LogP contribution in [0, 0.1) is 10.1 Å². The van der Waals surface area contributed by atoms with E-state index in [-0.39, 0.29) is 16.4 Å². The molecule has 3 aromatic rings. The van der Waals surface area contributed by atoms with Gasteiger partial charge in [-0.15, -0.1) is 0 Å². The first-order valence-corrected chi connectivity index (χ1v) is 9.61. The third-order valence-corrected chi connectivity index (χ3v) is 4.60. The molecule has 0 fully saturated rings. The van der Waals surface area contributed by atoms with E-state index in [4.69, 9.17) is 0 Å². The minimum Gasteiger partial charge on any atom is -0.406 e. The minimum absolute atomic E-state index is 0.135. The van der Waals surface area contributed by atoms with Gasteiger partial charge in [-0.25, -0.2) is 9.48 Å². The molecule has 0 aliphatic carbocycles. The molecule has 1 heterocycles. The highest BCUT2D eigenvalue weighted by atomic mass is 19.4. The first kappa shape index (κ1) is 27.3. The number of benzene rings is 2. The average molecular weight is 542 g/mol. The van der Waals surface area contributed by atoms with Crippen molar-refractivity contribution in [2.45, 2.75) is 25.1 Å². The maximum absolute atomic E-state index is 13.7. The molecule has 0 radical (unpaired) electrons. The molecule has 3 rings (SSSR count). The number of ether oxygens (including phenoxy) is 1. The summed E-state index contributed by atoms with van der Waals surface area (Å²) >= 11 is 0. The topological polar surface area (TPSA) is 99.3 Å². The Labute approximate surface area is 199 Å². The van der Waals surface area contributed by atoms with Gasteiger partial charge in [0.25, 0.3) is 5.69 Å². The van der Waals surface area contributed by atoms with Crippen molar-refractivity contribution in [1.82, 2.24) is 15.1 Å². The number of nitrogens with one attached hydrogen (secondary N) is 1. The highest BCUT2D eigenvalue weighted by molar-refractivity contribution is 5.70. The largest absolute Gasteiger partial charge is 0.437 e. The lowest BCUT2D eigenvalue weighted by Crippen LogP contribution is -2.27. The molecule has 0 saturated carbocycles. The number of halogens is 9. The molecule has 1 amide bonds. The molecule has 2 aromatic carbocycles. The van der Waals surface area contributed by atoms with E-state index in [2.05, 4.69) is 9.84 Å². The standard InChI is InChI=1S/C20H11F9N4O4/c21-18(22,23)11-5-10(6-12(7-11)19(24,25)26)8-30-17(34)37-15-9-31-32(16(15)20(27,28)29)13-1-3-14(4-2-13)33(35)36/h1-7,9H,8H2,(H,30,34). The van der Waals surface area contributed by atoms with Crippen molar-refractivity contribution < 1.29 is 54.0 Å². The molecule has 0 bridgehead atoms. The fourth-order valence-electron chi connectivity index (χ4n) is 3.01. The zero-order chi connectivity index (χ0) is 27.8. The van der Waals surface area contributed by atoms with Gasteiger partial charge in [-0.05, 0) is 35.9 Å². The number of aromatic nitrogens is 2. The summed E-state index contributed by atoms with van der Waals surface area (Å²) in [5.41, 5.74) is -6.31. The number of amides is 1. The highest BCUT2D eigenvalue weighted by Gasteiger charge is 2.41. The van der Waals surface area contributed by atoms with Gasteiger partial charge in [-0.1, -0.05) is 0 Å². The van der Waals surface area contributed by atoms with Gasteiger partial charge in [0.15, 0.2) is 11.4 Å². The second kappa shape index (κ2) is 9.62. The third kappa shape index (κ3) is 6.47. The Hall–Kier alpha value is -4.31. The molecule has 8 nitrogen and oxygen atoms in total. The SMILES string of the molecule is O=C(NCc1cc(C(F)(F)F)cc(C(F)(F)F)c1)Oc1cnn(-c2ccc([N+](=O)[O-])cc2)c1C(F)(F)F. The normalized spacial score (nSPS) is 12.4. The van der Waals surface area contributed by atoms with Gasteiger partial charge >= 0.3 is 24.6 Å². The second-order valence-corrected chi connectivity index (χ2v) is 7.20. The summed E-state index contributed by atoms with van der Waals surface area (Å²) in [6, 6.07) is 4.19. The lowest BCUT2D eigenvalue weighted by Gasteiger charge is -2.15. The van der Waals surface area contributed by atoms with Crippen LogP contribution in [0.2, 0.25) is 0 Å². The number of hydrogen-bond donors (Lipinski definition) is 1. The van der Waals surface area contributed by atoms with Gasteiger partial charge in [-0.2, -0.15) is 44.6 Å². The number of rotatable bonds is 5. The van der Waals surface area contributed by atoms with Crippen LogP contribution in [0.3, 0.4) is 0 Å². The maximum Gasteiger partial charge on any atom is 0.437 e. The molecule has 0 atom stereocenters. The van der Waals surface area contributed by atoms with Crippen LogP contribution in [-0.4, -0.2) is 20.8 Å². The summed E-state index contributed by atoms with van der Waals surface area (Å²) in [5.74, 6) is -1.15.